The van der Waals surface area contributed by atoms with Crippen molar-refractivity contribution in [2.24, 2.45) is 5.41 Å². The van der Waals surface area contributed by atoms with Gasteiger partial charge in [-0.3, -0.25) is 33.9 Å². The van der Waals surface area contributed by atoms with Gasteiger partial charge >= 0.3 is 0 Å². The summed E-state index contributed by atoms with van der Waals surface area (Å²) in [4.78, 5) is 90.2. The largest absolute Gasteiger partial charge is 0.391 e. The molecule has 0 aliphatic carbocycles. The van der Waals surface area contributed by atoms with Crippen LogP contribution in [0.3, 0.4) is 0 Å². The zero-order chi connectivity index (χ0) is 61.4. The Hall–Kier alpha value is -7.01. The Kier molecular flexibility index (Phi) is 26.1. The number of likely N-dealkylation sites (tertiary alicyclic amines) is 1. The van der Waals surface area contributed by atoms with Gasteiger partial charge in [-0.2, -0.15) is 0 Å². The fraction of sp³-hybridized carbons (Fsp3) is 0.500. The molecule has 86 heavy (non-hydrogen) atoms. The van der Waals surface area contributed by atoms with Crippen LogP contribution in [0.25, 0.3) is 21.7 Å². The van der Waals surface area contributed by atoms with Crippen molar-refractivity contribution in [3.63, 3.8) is 0 Å². The number of unbranched alkanes of at least 4 members (excludes halogenated alkanes) is 10. The summed E-state index contributed by atoms with van der Waals surface area (Å²) in [6.07, 6.45) is 20.5. The predicted octanol–water partition coefficient (Wildman–Crippen LogP) is 12.2. The fourth-order valence-electron chi connectivity index (χ4n) is 11.1. The highest BCUT2D eigenvalue weighted by Gasteiger charge is 2.44. The second-order valence-corrected chi connectivity index (χ2v) is 25.3. The highest BCUT2D eigenvalue weighted by atomic mass is 32.1. The molecule has 3 atom stereocenters. The summed E-state index contributed by atoms with van der Waals surface area (Å²) in [7, 11) is 0. The summed E-state index contributed by atoms with van der Waals surface area (Å²) < 4.78 is 0. The summed E-state index contributed by atoms with van der Waals surface area (Å²) in [5, 5.41) is 16.4. The van der Waals surface area contributed by atoms with Gasteiger partial charge in [0.1, 0.15) is 17.9 Å². The minimum atomic E-state index is -0.792. The number of ketones is 1. The van der Waals surface area contributed by atoms with E-state index in [1.807, 2.05) is 98.8 Å². The van der Waals surface area contributed by atoms with Crippen LogP contribution < -0.4 is 10.6 Å². The van der Waals surface area contributed by atoms with Crippen LogP contribution in [0.2, 0.25) is 0 Å². The normalized spacial score (nSPS) is 15.6. The van der Waals surface area contributed by atoms with E-state index in [1.54, 1.807) is 29.9 Å². The van der Waals surface area contributed by atoms with Crippen LogP contribution in [0, 0.1) is 19.3 Å². The van der Waals surface area contributed by atoms with E-state index in [-0.39, 0.29) is 36.5 Å². The van der Waals surface area contributed by atoms with E-state index in [0.717, 1.165) is 132 Å². The summed E-state index contributed by atoms with van der Waals surface area (Å²) in [5.74, 6) is 0.360. The maximum absolute atomic E-state index is 13.8. The fourth-order valence-corrected chi connectivity index (χ4v) is 12.0. The van der Waals surface area contributed by atoms with Gasteiger partial charge in [0.25, 0.3) is 0 Å². The molecule has 6 aromatic rings. The Bertz CT molecular complexity index is 3100. The van der Waals surface area contributed by atoms with Crippen molar-refractivity contribution in [3.05, 3.63) is 154 Å². The average molecular weight is 1190 g/mol. The number of β-amino-alcohol motifs (C(OH)–C–C–N with tert-alkyl or cyclic N) is 1. The van der Waals surface area contributed by atoms with Gasteiger partial charge < -0.3 is 25.5 Å². The molecule has 2 aliphatic rings. The first-order valence-corrected chi connectivity index (χ1v) is 32.4. The second kappa shape index (κ2) is 33.8. The number of piperazine rings is 1. The Balaban J connectivity index is 0.000000246. The van der Waals surface area contributed by atoms with Crippen LogP contribution in [0.1, 0.15) is 181 Å². The second-order valence-electron chi connectivity index (χ2n) is 24.5. The molecule has 0 radical (unpaired) electrons. The van der Waals surface area contributed by atoms with Gasteiger partial charge in [-0.1, -0.05) is 166 Å². The number of hydrogen-bond acceptors (Lipinski definition) is 12. The van der Waals surface area contributed by atoms with Gasteiger partial charge in [0.15, 0.2) is 5.78 Å². The third kappa shape index (κ3) is 20.6. The first-order chi connectivity index (χ1) is 41.5. The van der Waals surface area contributed by atoms with E-state index in [9.17, 15) is 29.1 Å². The maximum Gasteiger partial charge on any atom is 0.246 e. The molecular weight excluding hydrogens is 1090 g/mol. The van der Waals surface area contributed by atoms with Crippen LogP contribution >= 0.6 is 11.3 Å². The van der Waals surface area contributed by atoms with Crippen molar-refractivity contribution in [2.75, 3.05) is 32.7 Å². The number of aliphatic hydroxyl groups is 1. The summed E-state index contributed by atoms with van der Waals surface area (Å²) in [6, 6.07) is 26.4. The van der Waals surface area contributed by atoms with E-state index in [0.29, 0.717) is 38.1 Å². The lowest BCUT2D eigenvalue weighted by molar-refractivity contribution is -0.144. The number of nitrogens with zero attached hydrogens (tertiary/aromatic N) is 7. The van der Waals surface area contributed by atoms with Gasteiger partial charge in [0.05, 0.1) is 27.9 Å². The molecule has 0 unspecified atom stereocenters. The smallest absolute Gasteiger partial charge is 0.246 e. The molecule has 0 spiro atoms. The molecule has 0 saturated carbocycles. The van der Waals surface area contributed by atoms with E-state index < -0.39 is 23.6 Å². The zero-order valence-electron chi connectivity index (χ0n) is 52.1. The monoisotopic (exact) mass is 1190 g/mol. The SMILES string of the molecule is CCCCCC(=O)N1CCN(Cc2ccc(C(=O)Cc3ccc(C)c(Cc4nccc(-c5cccnc5)n4)c3)cc2)CC1.CCCCCCCCCCCC(=O)N[C@H](C(=O)N1C[C@H](O)C[C@H]1C(=O)NCc1ccc(-c2scnc2C)cc1)C(C)(C)C. The number of aliphatic hydroxyl groups excluding tert-OH is 1. The molecular formula is C70H93N9O6S. The highest BCUT2D eigenvalue weighted by molar-refractivity contribution is 7.13. The Morgan fingerprint density at radius 3 is 2.06 bits per heavy atom. The molecule has 5 heterocycles. The lowest BCUT2D eigenvalue weighted by Crippen LogP contribution is -2.57. The van der Waals surface area contributed by atoms with Gasteiger partial charge in [0.2, 0.25) is 23.6 Å². The van der Waals surface area contributed by atoms with Gasteiger partial charge in [-0.25, -0.2) is 15.0 Å². The quantitative estimate of drug-likeness (QED) is 0.0313. The van der Waals surface area contributed by atoms with Crippen LogP contribution in [-0.4, -0.2) is 120 Å². The number of nitrogens with one attached hydrogen (secondary N) is 2. The number of pyridine rings is 1. The Morgan fingerprint density at radius 2 is 1.40 bits per heavy atom. The lowest BCUT2D eigenvalue weighted by atomic mass is 9.85. The highest BCUT2D eigenvalue weighted by Crippen LogP contribution is 2.29. The molecule has 4 amide bonds. The molecule has 3 aromatic heterocycles. The third-order valence-corrected chi connectivity index (χ3v) is 17.4. The third-order valence-electron chi connectivity index (χ3n) is 16.4. The van der Waals surface area contributed by atoms with E-state index in [1.165, 1.54) is 49.0 Å². The van der Waals surface area contributed by atoms with Gasteiger partial charge in [0, 0.05) is 108 Å². The van der Waals surface area contributed by atoms with Crippen LogP contribution in [0.4, 0.5) is 0 Å². The first kappa shape index (κ1) is 66.5. The number of thiazole rings is 1. The topological polar surface area (TPSA) is 191 Å². The van der Waals surface area contributed by atoms with E-state index in [2.05, 4.69) is 75.5 Å². The van der Waals surface area contributed by atoms with Crippen molar-refractivity contribution in [3.8, 4) is 21.7 Å². The molecule has 15 nitrogen and oxygen atoms in total. The van der Waals surface area contributed by atoms with Crippen LogP contribution in [0.15, 0.2) is 109 Å². The van der Waals surface area contributed by atoms with E-state index in [4.69, 9.17) is 4.98 Å². The molecule has 2 saturated heterocycles. The minimum Gasteiger partial charge on any atom is -0.391 e. The number of Topliss-reactive ketones (excluding diaryl/α,β-unsaturated/α-hetero) is 1. The van der Waals surface area contributed by atoms with Crippen molar-refractivity contribution < 1.29 is 29.1 Å². The number of hydrogen-bond donors (Lipinski definition) is 3. The average Bonchev–Trinajstić information content (AvgIpc) is 2.55. The van der Waals surface area contributed by atoms with Crippen molar-refractivity contribution in [1.82, 2.24) is 45.3 Å². The number of aromatic nitrogens is 4. The van der Waals surface area contributed by atoms with Gasteiger partial charge in [-0.15, -0.1) is 11.3 Å². The van der Waals surface area contributed by atoms with Crippen molar-refractivity contribution >= 4 is 40.7 Å². The number of rotatable bonds is 28. The molecule has 0 bridgehead atoms. The summed E-state index contributed by atoms with van der Waals surface area (Å²) in [5.41, 5.74) is 11.2. The molecule has 3 N–H and O–H groups in total. The maximum atomic E-state index is 13.8. The van der Waals surface area contributed by atoms with Gasteiger partial charge in [-0.05, 0) is 83.7 Å². The molecule has 8 rings (SSSR count). The number of aryl methyl sites for hydroxylation is 2. The Labute approximate surface area is 515 Å². The van der Waals surface area contributed by atoms with Crippen molar-refractivity contribution in [2.45, 2.75) is 189 Å². The lowest BCUT2D eigenvalue weighted by Gasteiger charge is -2.35. The zero-order valence-corrected chi connectivity index (χ0v) is 52.9. The predicted molar refractivity (Wildman–Crippen MR) is 343 cm³/mol. The standard InChI is InChI=1S/C36H41N5O2.C34H52N4O4S/c1-3-4-5-8-36(43)41-20-18-40(19-21-41)26-28-11-13-30(14-12-28)34(42)23-29-10-9-27(2)32(22-29)24-35-38-17-15-33(39-35)31-7-6-16-37-25-31;1-6-7-8-9-10-11-12-13-14-15-29(40)37-31(34(3,4)5)33(42)38-22-27(39)20-28(38)32(41)35-21-25-16-18-26(19-17-25)30-24(2)36-23-43-30/h6-7,9-17,22,25H,3-5,8,18-21,23-24,26H2,1-2H3;16-19,23,27-28,31,39H,6-15,20-22H2,1-5H3,(H,35,41)(H,37,40)/t;27-,28+,31-/m.1/s1. The number of amides is 4. The van der Waals surface area contributed by atoms with E-state index >= 15 is 0 Å². The summed E-state index contributed by atoms with van der Waals surface area (Å²) in [6.45, 7) is 18.7. The van der Waals surface area contributed by atoms with Crippen molar-refractivity contribution in [1.29, 1.82) is 0 Å². The Morgan fingerprint density at radius 1 is 0.733 bits per heavy atom. The molecule has 3 aromatic carbocycles. The molecule has 16 heteroatoms. The van der Waals surface area contributed by atoms with Crippen LogP contribution in [-0.2, 0) is 45.1 Å². The minimum absolute atomic E-state index is 0.0700. The van der Waals surface area contributed by atoms with Crippen LogP contribution in [0.5, 0.6) is 0 Å². The molecule has 460 valence electrons. The number of benzene rings is 3. The molecule has 2 fully saturated rings. The summed E-state index contributed by atoms with van der Waals surface area (Å²) >= 11 is 1.59. The number of carbonyl (C=O) groups is 5. The first-order valence-electron chi connectivity index (χ1n) is 31.5. The number of carbonyl (C=O) groups excluding carboxylic acids is 5. The molecule has 2 aliphatic heterocycles.